The number of halogens is 1. The summed E-state index contributed by atoms with van der Waals surface area (Å²) in [7, 11) is 1.78. The van der Waals surface area contributed by atoms with Gasteiger partial charge in [0.05, 0.1) is 17.8 Å². The fourth-order valence-corrected chi connectivity index (χ4v) is 4.20. The molecule has 1 amide bonds. The summed E-state index contributed by atoms with van der Waals surface area (Å²) in [5.41, 5.74) is 0. The molecule has 0 bridgehead atoms. The van der Waals surface area contributed by atoms with Crippen LogP contribution in [0.25, 0.3) is 0 Å². The first-order valence-electron chi connectivity index (χ1n) is 9.12. The van der Waals surface area contributed by atoms with E-state index < -0.39 is 0 Å². The second-order valence-corrected chi connectivity index (χ2v) is 8.41. The number of amides is 1. The second kappa shape index (κ2) is 9.41. The molecule has 1 heterocycles. The van der Waals surface area contributed by atoms with E-state index in [1.165, 1.54) is 24.6 Å². The molecule has 146 valence electrons. The van der Waals surface area contributed by atoms with Gasteiger partial charge in [-0.1, -0.05) is 36.2 Å². The Morgan fingerprint density at radius 3 is 2.78 bits per heavy atom. The molecule has 0 aliphatic heterocycles. The van der Waals surface area contributed by atoms with Crippen molar-refractivity contribution in [2.75, 3.05) is 20.2 Å². The van der Waals surface area contributed by atoms with Gasteiger partial charge < -0.3 is 9.64 Å². The van der Waals surface area contributed by atoms with Crippen molar-refractivity contribution < 1.29 is 9.53 Å². The number of hydrogen-bond acceptors (Lipinski definition) is 6. The molecule has 0 N–H and O–H groups in total. The fourth-order valence-electron chi connectivity index (χ4n) is 3.10. The first-order chi connectivity index (χ1) is 13.0. The summed E-state index contributed by atoms with van der Waals surface area (Å²) in [5.74, 6) is 0.763. The molecule has 1 saturated carbocycles. The molecule has 7 nitrogen and oxygen atoms in total. The predicted molar refractivity (Wildman–Crippen MR) is 105 cm³/mol. The van der Waals surface area contributed by atoms with E-state index in [-0.39, 0.29) is 11.2 Å². The minimum Gasteiger partial charge on any atom is -0.492 e. The molecule has 0 radical (unpaired) electrons. The highest BCUT2D eigenvalue weighted by molar-refractivity contribution is 8.00. The lowest BCUT2D eigenvalue weighted by Gasteiger charge is -2.21. The van der Waals surface area contributed by atoms with Gasteiger partial charge >= 0.3 is 0 Å². The number of rotatable bonds is 8. The van der Waals surface area contributed by atoms with Crippen LogP contribution in [-0.4, -0.2) is 56.5 Å². The summed E-state index contributed by atoms with van der Waals surface area (Å²) in [6, 6.07) is 7.53. The Labute approximate surface area is 168 Å². The molecule has 0 spiro atoms. The van der Waals surface area contributed by atoms with Crippen LogP contribution in [0.4, 0.5) is 0 Å². The Bertz CT molecular complexity index is 748. The van der Waals surface area contributed by atoms with Crippen molar-refractivity contribution in [1.29, 1.82) is 0 Å². The quantitative estimate of drug-likeness (QED) is 0.621. The Morgan fingerprint density at radius 2 is 2.07 bits per heavy atom. The predicted octanol–water partition coefficient (Wildman–Crippen LogP) is 3.46. The summed E-state index contributed by atoms with van der Waals surface area (Å²) in [5, 5.41) is 13.2. The minimum atomic E-state index is -0.267. The van der Waals surface area contributed by atoms with Crippen molar-refractivity contribution in [3.8, 4) is 5.75 Å². The van der Waals surface area contributed by atoms with Gasteiger partial charge in [-0.3, -0.25) is 4.79 Å². The van der Waals surface area contributed by atoms with Crippen molar-refractivity contribution in [1.82, 2.24) is 25.1 Å². The Hall–Kier alpha value is -1.80. The van der Waals surface area contributed by atoms with Crippen LogP contribution in [0.15, 0.2) is 29.4 Å². The van der Waals surface area contributed by atoms with Gasteiger partial charge in [0.25, 0.3) is 0 Å². The molecule has 1 aliphatic carbocycles. The molecule has 27 heavy (non-hydrogen) atoms. The van der Waals surface area contributed by atoms with Gasteiger partial charge in [0, 0.05) is 12.1 Å². The number of hydrogen-bond donors (Lipinski definition) is 0. The van der Waals surface area contributed by atoms with Crippen molar-refractivity contribution in [2.45, 2.75) is 49.1 Å². The number of tetrazole rings is 1. The molecule has 1 fully saturated rings. The van der Waals surface area contributed by atoms with Crippen LogP contribution >= 0.6 is 23.4 Å². The summed E-state index contributed by atoms with van der Waals surface area (Å²) in [6.07, 6.45) is 4.62. The average Bonchev–Trinajstić information content (AvgIpc) is 3.34. The molecule has 1 aromatic heterocycles. The maximum Gasteiger partial charge on any atom is 0.235 e. The largest absolute Gasteiger partial charge is 0.492 e. The van der Waals surface area contributed by atoms with E-state index in [1.54, 1.807) is 24.1 Å². The van der Waals surface area contributed by atoms with Gasteiger partial charge in [-0.05, 0) is 54.5 Å². The lowest BCUT2D eigenvalue weighted by Crippen LogP contribution is -2.36. The van der Waals surface area contributed by atoms with Gasteiger partial charge in [-0.15, -0.1) is 5.10 Å². The normalized spacial score (nSPS) is 15.7. The van der Waals surface area contributed by atoms with Gasteiger partial charge in [-0.2, -0.15) is 0 Å². The van der Waals surface area contributed by atoms with Gasteiger partial charge in [0.1, 0.15) is 12.4 Å². The van der Waals surface area contributed by atoms with Crippen LogP contribution in [0.2, 0.25) is 5.02 Å². The molecule has 1 atom stereocenters. The van der Waals surface area contributed by atoms with E-state index in [0.717, 1.165) is 18.6 Å². The third-order valence-electron chi connectivity index (χ3n) is 4.65. The zero-order valence-corrected chi connectivity index (χ0v) is 17.1. The number of nitrogens with zero attached hydrogens (tertiary/aromatic N) is 5. The number of ether oxygens (including phenoxy) is 1. The number of carbonyl (C=O) groups excluding carboxylic acids is 1. The topological polar surface area (TPSA) is 73.1 Å². The molecular weight excluding hydrogens is 386 g/mol. The average molecular weight is 410 g/mol. The van der Waals surface area contributed by atoms with Crippen molar-refractivity contribution in [3.05, 3.63) is 29.3 Å². The van der Waals surface area contributed by atoms with Crippen LogP contribution in [0, 0.1) is 0 Å². The highest BCUT2D eigenvalue weighted by Crippen LogP contribution is 2.32. The van der Waals surface area contributed by atoms with Crippen molar-refractivity contribution in [3.63, 3.8) is 0 Å². The zero-order valence-electron chi connectivity index (χ0n) is 15.5. The van der Waals surface area contributed by atoms with Gasteiger partial charge in [0.2, 0.25) is 11.1 Å². The van der Waals surface area contributed by atoms with E-state index in [0.29, 0.717) is 29.4 Å². The maximum atomic E-state index is 12.6. The molecule has 3 rings (SSSR count). The van der Waals surface area contributed by atoms with Crippen LogP contribution in [0.5, 0.6) is 5.75 Å². The van der Waals surface area contributed by atoms with Crippen LogP contribution in [0.1, 0.15) is 38.6 Å². The highest BCUT2D eigenvalue weighted by Gasteiger charge is 2.25. The van der Waals surface area contributed by atoms with Crippen molar-refractivity contribution >= 4 is 29.3 Å². The van der Waals surface area contributed by atoms with E-state index in [4.69, 9.17) is 16.3 Å². The third kappa shape index (κ3) is 5.35. The molecule has 9 heteroatoms. The Morgan fingerprint density at radius 1 is 1.37 bits per heavy atom. The highest BCUT2D eigenvalue weighted by atomic mass is 35.5. The summed E-state index contributed by atoms with van der Waals surface area (Å²) < 4.78 is 7.54. The number of aromatic nitrogens is 4. The lowest BCUT2D eigenvalue weighted by atomic mass is 10.3. The van der Waals surface area contributed by atoms with E-state index in [2.05, 4.69) is 15.5 Å². The fraction of sp³-hybridized carbons (Fsp3) is 0.556. The first-order valence-corrected chi connectivity index (χ1v) is 10.4. The molecule has 2 aromatic rings. The minimum absolute atomic E-state index is 0.0284. The Balaban J connectivity index is 1.48. The molecule has 0 unspecified atom stereocenters. The first kappa shape index (κ1) is 19.9. The number of carbonyl (C=O) groups is 1. The summed E-state index contributed by atoms with van der Waals surface area (Å²) in [4.78, 5) is 14.3. The zero-order chi connectivity index (χ0) is 19.2. The number of thioether (sulfide) groups is 1. The van der Waals surface area contributed by atoms with E-state index in [1.807, 2.05) is 23.7 Å². The van der Waals surface area contributed by atoms with Crippen molar-refractivity contribution in [2.24, 2.45) is 0 Å². The van der Waals surface area contributed by atoms with Crippen LogP contribution in [0.3, 0.4) is 0 Å². The molecule has 0 saturated heterocycles. The van der Waals surface area contributed by atoms with Crippen LogP contribution in [-0.2, 0) is 4.79 Å². The molecular formula is C18H24ClN5O2S. The maximum absolute atomic E-state index is 12.6. The van der Waals surface area contributed by atoms with Crippen LogP contribution < -0.4 is 4.74 Å². The summed E-state index contributed by atoms with van der Waals surface area (Å²) >= 11 is 7.27. The monoisotopic (exact) mass is 409 g/mol. The van der Waals surface area contributed by atoms with E-state index >= 15 is 0 Å². The standard InChI is InChI=1S/C18H24ClN5O2S/c1-13(27-18-20-21-22-24(18)15-5-3-4-6-15)17(25)23(2)11-12-26-16-9-7-14(19)8-10-16/h7-10,13,15H,3-6,11-12H2,1-2H3/t13-/m1/s1. The number of benzene rings is 1. The van der Waals surface area contributed by atoms with Gasteiger partial charge in [0.15, 0.2) is 0 Å². The third-order valence-corrected chi connectivity index (χ3v) is 5.94. The second-order valence-electron chi connectivity index (χ2n) is 6.67. The SMILES string of the molecule is C[C@@H](Sc1nnnn1C1CCCC1)C(=O)N(C)CCOc1ccc(Cl)cc1. The molecule has 1 aromatic carbocycles. The van der Waals surface area contributed by atoms with Gasteiger partial charge in [-0.25, -0.2) is 4.68 Å². The number of likely N-dealkylation sites (N-methyl/N-ethyl adjacent to an activating group) is 1. The molecule has 1 aliphatic rings. The smallest absolute Gasteiger partial charge is 0.235 e. The summed E-state index contributed by atoms with van der Waals surface area (Å²) in [6.45, 7) is 2.80. The lowest BCUT2D eigenvalue weighted by molar-refractivity contribution is -0.129. The Kier molecular flexibility index (Phi) is 6.95. The van der Waals surface area contributed by atoms with E-state index in [9.17, 15) is 4.79 Å².